The van der Waals surface area contributed by atoms with Gasteiger partial charge in [-0.05, 0) is 16.7 Å². The largest absolute Gasteiger partial charge is 0.477 e. The van der Waals surface area contributed by atoms with E-state index in [9.17, 15) is 19.5 Å². The normalized spacial score (nSPS) is 18.8. The molecule has 2 aliphatic heterocycles. The van der Waals surface area contributed by atoms with Crippen LogP contribution in [0, 0.1) is 0 Å². The molecule has 0 bridgehead atoms. The molecule has 5 rings (SSSR count). The maximum Gasteiger partial charge on any atom is 0.352 e. The van der Waals surface area contributed by atoms with Crippen LogP contribution < -0.4 is 16.8 Å². The van der Waals surface area contributed by atoms with Crippen molar-refractivity contribution in [3.05, 3.63) is 63.2 Å². The molecule has 208 valence electrons. The number of nitrogens with zero attached hydrogens (tertiary/aromatic N) is 5. The lowest BCUT2D eigenvalue weighted by atomic mass is 10.0. The van der Waals surface area contributed by atoms with Crippen LogP contribution in [0.3, 0.4) is 0 Å². The van der Waals surface area contributed by atoms with Crippen molar-refractivity contribution in [3.8, 4) is 0 Å². The predicted molar refractivity (Wildman–Crippen MR) is 153 cm³/mol. The number of carboxylic acids is 1. The fraction of sp³-hybridized carbons (Fsp3) is 0.261. The molecule has 0 spiro atoms. The van der Waals surface area contributed by atoms with Crippen LogP contribution >= 0.6 is 46.2 Å². The van der Waals surface area contributed by atoms with E-state index in [-0.39, 0.29) is 28.8 Å². The number of nitrogen functional groups attached to an aromatic ring is 1. The third-order valence-corrected chi connectivity index (χ3v) is 9.83. The maximum absolute atomic E-state index is 13.3. The summed E-state index contributed by atoms with van der Waals surface area (Å²) in [5.41, 5.74) is 15.3. The Kier molecular flexibility index (Phi) is 8.65. The molecule has 2 atom stereocenters. The van der Waals surface area contributed by atoms with Gasteiger partial charge in [0.15, 0.2) is 15.2 Å². The molecule has 1 aromatic carbocycles. The number of nitrogens with one attached hydrogen (secondary N) is 1. The highest BCUT2D eigenvalue weighted by molar-refractivity contribution is 8.01. The summed E-state index contributed by atoms with van der Waals surface area (Å²) in [7, 11) is 0. The van der Waals surface area contributed by atoms with Gasteiger partial charge >= 0.3 is 5.97 Å². The van der Waals surface area contributed by atoms with Gasteiger partial charge in [-0.2, -0.15) is 0 Å². The molecule has 1 saturated heterocycles. The molecule has 4 heterocycles. The number of nitrogens with two attached hydrogens (primary N) is 2. The number of carbonyl (C=O) groups excluding carboxylic acids is 2. The second-order valence-electron chi connectivity index (χ2n) is 8.42. The molecular weight excluding hydrogens is 597 g/mol. The number of amides is 2. The minimum atomic E-state index is -1.20. The number of fused-ring (bicyclic) bond motifs is 1. The highest BCUT2D eigenvalue weighted by Gasteiger charge is 2.54. The molecule has 40 heavy (non-hydrogen) atoms. The Morgan fingerprint density at radius 2 is 2.02 bits per heavy atom. The van der Waals surface area contributed by atoms with Gasteiger partial charge in [-0.15, -0.1) is 33.3 Å². The van der Waals surface area contributed by atoms with Gasteiger partial charge in [-0.25, -0.2) is 9.78 Å². The van der Waals surface area contributed by atoms with Gasteiger partial charge in [0.2, 0.25) is 0 Å². The minimum Gasteiger partial charge on any atom is -0.477 e. The Hall–Kier alpha value is -3.51. The minimum absolute atomic E-state index is 0.0681. The van der Waals surface area contributed by atoms with Crippen LogP contribution in [0.2, 0.25) is 0 Å². The molecule has 0 radical (unpaired) electrons. The molecule has 3 aromatic rings. The number of aliphatic carboxylic acids is 1. The van der Waals surface area contributed by atoms with Gasteiger partial charge in [0.05, 0.1) is 0 Å². The van der Waals surface area contributed by atoms with Crippen molar-refractivity contribution in [1.29, 1.82) is 0 Å². The van der Waals surface area contributed by atoms with Crippen LogP contribution in [0.25, 0.3) is 0 Å². The van der Waals surface area contributed by atoms with Gasteiger partial charge in [0.25, 0.3) is 11.8 Å². The van der Waals surface area contributed by atoms with E-state index < -0.39 is 29.2 Å². The van der Waals surface area contributed by atoms with Gasteiger partial charge in [-0.3, -0.25) is 14.5 Å². The predicted octanol–water partition coefficient (Wildman–Crippen LogP) is 1.49. The van der Waals surface area contributed by atoms with Crippen molar-refractivity contribution < 1.29 is 24.3 Å². The molecule has 17 heteroatoms. The van der Waals surface area contributed by atoms with Crippen molar-refractivity contribution in [2.75, 3.05) is 17.2 Å². The van der Waals surface area contributed by atoms with Gasteiger partial charge in [0.1, 0.15) is 34.9 Å². The Labute approximate surface area is 244 Å². The number of thioether (sulfide) groups is 2. The van der Waals surface area contributed by atoms with Crippen molar-refractivity contribution in [1.82, 2.24) is 25.4 Å². The SMILES string of the molecule is NCc1ccc(CON=C(C(=O)NC2C(=O)N3C(C(=O)O)=C(CSc4nncs4)CS[C@@H]23)c2csc(N)n2)cc1. The summed E-state index contributed by atoms with van der Waals surface area (Å²) in [6.45, 7) is 0.500. The number of rotatable bonds is 11. The number of hydrogen-bond acceptors (Lipinski definition) is 14. The number of anilines is 1. The zero-order valence-corrected chi connectivity index (χ0v) is 23.8. The standard InChI is InChI=1S/C23H22N8O5S4/c24-5-11-1-3-12(4-2-11)6-36-30-15(14-9-38-22(25)27-14)18(32)28-16-19(33)31-17(21(34)35)13(7-37-20(16)31)8-39-23-29-26-10-40-23/h1-4,9-10,16,20H,5-8,24H2,(H2,25,27)(H,28,32)(H,34,35)/t16?,20-/m0/s1. The summed E-state index contributed by atoms with van der Waals surface area (Å²) in [6, 6.07) is 6.47. The third-order valence-electron chi connectivity index (χ3n) is 5.87. The monoisotopic (exact) mass is 618 g/mol. The number of carbonyl (C=O) groups is 3. The van der Waals surface area contributed by atoms with Crippen molar-refractivity contribution in [2.24, 2.45) is 10.9 Å². The van der Waals surface area contributed by atoms with E-state index >= 15 is 0 Å². The number of β-lactam (4-membered cyclic amide) rings is 1. The summed E-state index contributed by atoms with van der Waals surface area (Å²) < 4.78 is 0.703. The molecule has 2 aromatic heterocycles. The van der Waals surface area contributed by atoms with Crippen LogP contribution in [0.1, 0.15) is 16.8 Å². The smallest absolute Gasteiger partial charge is 0.352 e. The van der Waals surface area contributed by atoms with E-state index in [0.29, 0.717) is 28.0 Å². The van der Waals surface area contributed by atoms with Gasteiger partial charge in [-0.1, -0.05) is 52.5 Å². The number of thiazole rings is 1. The number of aromatic nitrogens is 3. The number of hydrogen-bond donors (Lipinski definition) is 4. The first-order valence-corrected chi connectivity index (χ1v) is 15.4. The average Bonchev–Trinajstić information content (AvgIpc) is 3.64. The molecule has 6 N–H and O–H groups in total. The first-order valence-electron chi connectivity index (χ1n) is 11.6. The summed E-state index contributed by atoms with van der Waals surface area (Å²) in [5.74, 6) is -1.69. The molecule has 0 saturated carbocycles. The fourth-order valence-electron chi connectivity index (χ4n) is 3.92. The Morgan fingerprint density at radius 3 is 2.67 bits per heavy atom. The highest BCUT2D eigenvalue weighted by Crippen LogP contribution is 2.41. The molecule has 13 nitrogen and oxygen atoms in total. The lowest BCUT2D eigenvalue weighted by Gasteiger charge is -2.49. The van der Waals surface area contributed by atoms with E-state index in [4.69, 9.17) is 16.3 Å². The molecule has 0 aliphatic carbocycles. The highest BCUT2D eigenvalue weighted by atomic mass is 32.2. The Morgan fingerprint density at radius 1 is 1.25 bits per heavy atom. The van der Waals surface area contributed by atoms with E-state index in [1.54, 1.807) is 10.9 Å². The number of benzene rings is 1. The lowest BCUT2D eigenvalue weighted by molar-refractivity contribution is -0.150. The molecule has 1 fully saturated rings. The van der Waals surface area contributed by atoms with E-state index in [2.05, 4.69) is 25.7 Å². The quantitative estimate of drug-likeness (QED) is 0.105. The lowest BCUT2D eigenvalue weighted by Crippen LogP contribution is -2.71. The van der Waals surface area contributed by atoms with E-state index in [1.807, 2.05) is 24.3 Å². The first-order chi connectivity index (χ1) is 19.4. The summed E-state index contributed by atoms with van der Waals surface area (Å²) in [4.78, 5) is 49.3. The van der Waals surface area contributed by atoms with Gasteiger partial charge < -0.3 is 26.7 Å². The van der Waals surface area contributed by atoms with Crippen LogP contribution in [-0.4, -0.2) is 71.6 Å². The first kappa shape index (κ1) is 28.0. The average molecular weight is 619 g/mol. The van der Waals surface area contributed by atoms with Crippen LogP contribution in [0.4, 0.5) is 5.13 Å². The molecule has 2 amide bonds. The molecular formula is C23H22N8O5S4. The van der Waals surface area contributed by atoms with Crippen LogP contribution in [-0.2, 0) is 32.4 Å². The molecule has 2 aliphatic rings. The van der Waals surface area contributed by atoms with Crippen molar-refractivity contribution in [2.45, 2.75) is 28.9 Å². The topological polar surface area (TPSA) is 199 Å². The Balaban J connectivity index is 1.29. The number of carboxylic acid groups (broad SMARTS) is 1. The van der Waals surface area contributed by atoms with Gasteiger partial charge in [0, 0.05) is 23.4 Å². The summed E-state index contributed by atoms with van der Waals surface area (Å²) in [5, 5.41) is 25.5. The van der Waals surface area contributed by atoms with E-state index in [0.717, 1.165) is 22.5 Å². The van der Waals surface area contributed by atoms with Crippen LogP contribution in [0.5, 0.6) is 0 Å². The van der Waals surface area contributed by atoms with Crippen molar-refractivity contribution >= 4 is 74.8 Å². The summed E-state index contributed by atoms with van der Waals surface area (Å²) >= 11 is 5.21. The fourth-order valence-corrected chi connectivity index (χ4v) is 7.44. The second kappa shape index (κ2) is 12.3. The van der Waals surface area contributed by atoms with Crippen LogP contribution in [0.15, 0.2) is 55.9 Å². The number of oxime groups is 1. The second-order valence-corrected chi connectivity index (χ2v) is 12.5. The zero-order valence-electron chi connectivity index (χ0n) is 20.6. The Bertz CT molecular complexity index is 1470. The maximum atomic E-state index is 13.3. The summed E-state index contributed by atoms with van der Waals surface area (Å²) in [6.07, 6.45) is 0. The zero-order chi connectivity index (χ0) is 28.2. The van der Waals surface area contributed by atoms with E-state index in [1.165, 1.54) is 39.8 Å². The molecule has 1 unspecified atom stereocenters. The van der Waals surface area contributed by atoms with Crippen molar-refractivity contribution in [3.63, 3.8) is 0 Å². The third kappa shape index (κ3) is 5.97.